The minimum atomic E-state index is -0.350. The number of hydrogen-bond donors (Lipinski definition) is 0. The van der Waals surface area contributed by atoms with Crippen LogP contribution in [0.4, 0.5) is 0 Å². The van der Waals surface area contributed by atoms with Crippen molar-refractivity contribution in [2.24, 2.45) is 0 Å². The van der Waals surface area contributed by atoms with Gasteiger partial charge in [-0.15, -0.1) is 0 Å². The molecule has 1 fully saturated rings. The van der Waals surface area contributed by atoms with Crippen molar-refractivity contribution < 1.29 is 14.3 Å². The summed E-state index contributed by atoms with van der Waals surface area (Å²) in [4.78, 5) is 27.7. The molecule has 0 aliphatic carbocycles. The first-order valence-electron chi connectivity index (χ1n) is 7.73. The van der Waals surface area contributed by atoms with Gasteiger partial charge in [0.1, 0.15) is 11.3 Å². The fraction of sp³-hybridized carbons (Fsp3) is 0.278. The second-order valence-corrected chi connectivity index (χ2v) is 5.46. The topological polar surface area (TPSA) is 49.9 Å². The van der Waals surface area contributed by atoms with Crippen LogP contribution in [0.5, 0.6) is 5.75 Å². The van der Waals surface area contributed by atoms with Crippen LogP contribution in [0.1, 0.15) is 19.4 Å². The standard InChI is InChI=1S/C18H20N2O3S/c1-4-19-16(21)15(17(22)20(5-2)18(19)24)8-6-7-13-9-11-14(23-3)12-10-13/h6-12H,4-5H2,1-3H3/b7-6-. The minimum absolute atomic E-state index is 0.122. The van der Waals surface area contributed by atoms with Gasteiger partial charge in [0.15, 0.2) is 5.11 Å². The van der Waals surface area contributed by atoms with Crippen LogP contribution in [0.15, 0.2) is 42.0 Å². The maximum atomic E-state index is 12.4. The first-order chi connectivity index (χ1) is 11.5. The first kappa shape index (κ1) is 17.9. The van der Waals surface area contributed by atoms with Gasteiger partial charge < -0.3 is 4.74 Å². The summed E-state index contributed by atoms with van der Waals surface area (Å²) >= 11 is 5.22. The van der Waals surface area contributed by atoms with E-state index in [1.807, 2.05) is 44.2 Å². The molecule has 2 amide bonds. The second kappa shape index (κ2) is 7.88. The number of allylic oxidation sites excluding steroid dienone is 2. The lowest BCUT2D eigenvalue weighted by molar-refractivity contribution is -0.133. The monoisotopic (exact) mass is 344 g/mol. The lowest BCUT2D eigenvalue weighted by atomic mass is 10.1. The molecule has 0 radical (unpaired) electrons. The molecule has 0 N–H and O–H groups in total. The van der Waals surface area contributed by atoms with Gasteiger partial charge in [-0.3, -0.25) is 19.4 Å². The SMILES string of the molecule is CCN1C(=O)C(=C/C=C\c2ccc(OC)cc2)C(=O)N(CC)C1=S. The number of likely N-dealkylation sites (N-methyl/N-ethyl adjacent to an activating group) is 2. The van der Waals surface area contributed by atoms with Crippen molar-refractivity contribution in [3.8, 4) is 5.75 Å². The van der Waals surface area contributed by atoms with E-state index in [1.165, 1.54) is 9.80 Å². The molecule has 1 aliphatic heterocycles. The van der Waals surface area contributed by atoms with Gasteiger partial charge in [-0.25, -0.2) is 0 Å². The normalized spacial score (nSPS) is 15.5. The molecule has 5 nitrogen and oxygen atoms in total. The van der Waals surface area contributed by atoms with E-state index < -0.39 is 0 Å². The smallest absolute Gasteiger partial charge is 0.265 e. The lowest BCUT2D eigenvalue weighted by Gasteiger charge is -2.35. The molecule has 0 atom stereocenters. The summed E-state index contributed by atoms with van der Waals surface area (Å²) in [6, 6.07) is 7.48. The van der Waals surface area contributed by atoms with Gasteiger partial charge in [-0.05, 0) is 49.8 Å². The van der Waals surface area contributed by atoms with Gasteiger partial charge in [0.2, 0.25) is 0 Å². The fourth-order valence-electron chi connectivity index (χ4n) is 2.37. The third kappa shape index (κ3) is 3.54. The van der Waals surface area contributed by atoms with Crippen molar-refractivity contribution in [3.05, 3.63) is 47.6 Å². The summed E-state index contributed by atoms with van der Waals surface area (Å²) in [5.41, 5.74) is 1.07. The van der Waals surface area contributed by atoms with E-state index in [4.69, 9.17) is 17.0 Å². The Morgan fingerprint density at radius 3 is 2.04 bits per heavy atom. The number of rotatable bonds is 5. The van der Waals surface area contributed by atoms with Crippen molar-refractivity contribution in [2.45, 2.75) is 13.8 Å². The van der Waals surface area contributed by atoms with Crippen LogP contribution in [0.3, 0.4) is 0 Å². The molecule has 2 rings (SSSR count). The fourth-order valence-corrected chi connectivity index (χ4v) is 2.80. The highest BCUT2D eigenvalue weighted by Crippen LogP contribution is 2.18. The predicted octanol–water partition coefficient (Wildman–Crippen LogP) is 2.63. The molecule has 126 valence electrons. The maximum Gasteiger partial charge on any atom is 0.265 e. The Bertz CT molecular complexity index is 679. The highest BCUT2D eigenvalue weighted by atomic mass is 32.1. The number of methoxy groups -OCH3 is 1. The highest BCUT2D eigenvalue weighted by Gasteiger charge is 2.37. The van der Waals surface area contributed by atoms with Crippen LogP contribution in [0.2, 0.25) is 0 Å². The molecule has 0 aromatic heterocycles. The summed E-state index contributed by atoms with van der Waals surface area (Å²) in [6.45, 7) is 4.53. The Morgan fingerprint density at radius 2 is 1.58 bits per heavy atom. The van der Waals surface area contributed by atoms with Gasteiger partial charge in [0, 0.05) is 13.1 Å². The van der Waals surface area contributed by atoms with E-state index in [0.29, 0.717) is 13.1 Å². The number of thiocarbonyl (C=S) groups is 1. The van der Waals surface area contributed by atoms with Crippen LogP contribution >= 0.6 is 12.2 Å². The van der Waals surface area contributed by atoms with E-state index in [1.54, 1.807) is 19.3 Å². The Labute approximate surface area is 147 Å². The van der Waals surface area contributed by atoms with Gasteiger partial charge in [-0.2, -0.15) is 0 Å². The maximum absolute atomic E-state index is 12.4. The van der Waals surface area contributed by atoms with E-state index in [0.717, 1.165) is 11.3 Å². The molecule has 1 heterocycles. The van der Waals surface area contributed by atoms with Crippen molar-refractivity contribution in [1.29, 1.82) is 0 Å². The zero-order valence-electron chi connectivity index (χ0n) is 14.0. The van der Waals surface area contributed by atoms with Crippen molar-refractivity contribution in [2.75, 3.05) is 20.2 Å². The molecule has 1 aromatic rings. The third-order valence-electron chi connectivity index (χ3n) is 3.71. The average Bonchev–Trinajstić information content (AvgIpc) is 2.59. The van der Waals surface area contributed by atoms with Crippen molar-refractivity contribution >= 4 is 35.2 Å². The molecule has 6 heteroatoms. The van der Waals surface area contributed by atoms with Crippen LogP contribution in [-0.2, 0) is 9.59 Å². The largest absolute Gasteiger partial charge is 0.497 e. The molecule has 0 saturated carbocycles. The van der Waals surface area contributed by atoms with E-state index in [9.17, 15) is 9.59 Å². The number of amides is 2. The Kier molecular flexibility index (Phi) is 5.87. The van der Waals surface area contributed by atoms with E-state index in [-0.39, 0.29) is 22.5 Å². The van der Waals surface area contributed by atoms with Crippen LogP contribution in [0, 0.1) is 0 Å². The number of hydrogen-bond acceptors (Lipinski definition) is 4. The first-order valence-corrected chi connectivity index (χ1v) is 8.14. The Morgan fingerprint density at radius 1 is 1.04 bits per heavy atom. The number of carbonyl (C=O) groups excluding carboxylic acids is 2. The molecular formula is C18H20N2O3S. The van der Waals surface area contributed by atoms with Gasteiger partial charge in [0.05, 0.1) is 7.11 Å². The minimum Gasteiger partial charge on any atom is -0.497 e. The van der Waals surface area contributed by atoms with E-state index in [2.05, 4.69) is 0 Å². The Hall–Kier alpha value is -2.47. The average molecular weight is 344 g/mol. The summed E-state index contributed by atoms with van der Waals surface area (Å²) in [5, 5.41) is 0.270. The van der Waals surface area contributed by atoms with Crippen LogP contribution in [-0.4, -0.2) is 46.9 Å². The molecule has 1 aliphatic rings. The molecule has 24 heavy (non-hydrogen) atoms. The highest BCUT2D eigenvalue weighted by molar-refractivity contribution is 7.80. The molecular weight excluding hydrogens is 324 g/mol. The van der Waals surface area contributed by atoms with Gasteiger partial charge in [0.25, 0.3) is 11.8 Å². The molecule has 0 bridgehead atoms. The molecule has 0 unspecified atom stereocenters. The summed E-state index contributed by atoms with van der Waals surface area (Å²) in [5.74, 6) is 0.0713. The van der Waals surface area contributed by atoms with Gasteiger partial charge >= 0.3 is 0 Å². The molecule has 0 spiro atoms. The van der Waals surface area contributed by atoms with E-state index >= 15 is 0 Å². The van der Waals surface area contributed by atoms with Crippen molar-refractivity contribution in [3.63, 3.8) is 0 Å². The lowest BCUT2D eigenvalue weighted by Crippen LogP contribution is -2.55. The second-order valence-electron chi connectivity index (χ2n) is 5.09. The quantitative estimate of drug-likeness (QED) is 0.468. The van der Waals surface area contributed by atoms with Gasteiger partial charge in [-0.1, -0.05) is 24.3 Å². The third-order valence-corrected chi connectivity index (χ3v) is 4.15. The molecule has 1 saturated heterocycles. The van der Waals surface area contributed by atoms with Crippen LogP contribution in [0.25, 0.3) is 6.08 Å². The summed E-state index contributed by atoms with van der Waals surface area (Å²) in [6.07, 6.45) is 5.07. The predicted molar refractivity (Wildman–Crippen MR) is 97.5 cm³/mol. The Balaban J connectivity index is 2.25. The number of carbonyl (C=O) groups is 2. The zero-order chi connectivity index (χ0) is 17.7. The summed E-state index contributed by atoms with van der Waals surface area (Å²) < 4.78 is 5.11. The number of nitrogens with zero attached hydrogens (tertiary/aromatic N) is 2. The summed E-state index contributed by atoms with van der Waals surface area (Å²) in [7, 11) is 1.61. The van der Waals surface area contributed by atoms with Crippen molar-refractivity contribution in [1.82, 2.24) is 9.80 Å². The zero-order valence-corrected chi connectivity index (χ0v) is 14.8. The number of benzene rings is 1. The molecule has 1 aromatic carbocycles. The van der Waals surface area contributed by atoms with Crippen LogP contribution < -0.4 is 4.74 Å². The number of ether oxygens (including phenoxy) is 1.